The average Bonchev–Trinajstić information content (AvgIpc) is 2.57. The topological polar surface area (TPSA) is 39.1 Å². The van der Waals surface area contributed by atoms with Crippen molar-refractivity contribution in [1.82, 2.24) is 15.1 Å². The van der Waals surface area contributed by atoms with E-state index in [9.17, 15) is 0 Å². The molecule has 1 fully saturated rings. The van der Waals surface area contributed by atoms with Gasteiger partial charge in [0.1, 0.15) is 0 Å². The molecule has 0 amide bonds. The molecule has 1 aromatic rings. The normalized spacial score (nSPS) is 17.6. The second kappa shape index (κ2) is 5.98. The van der Waals surface area contributed by atoms with E-state index in [2.05, 4.69) is 26.3 Å². The van der Waals surface area contributed by atoms with Gasteiger partial charge in [-0.3, -0.25) is 4.68 Å². The largest absolute Gasteiger partial charge is 0.375 e. The van der Waals surface area contributed by atoms with E-state index in [1.54, 1.807) is 0 Å². The van der Waals surface area contributed by atoms with Crippen LogP contribution in [0.15, 0.2) is 4.47 Å². The number of piperidine rings is 1. The van der Waals surface area contributed by atoms with Gasteiger partial charge in [0.05, 0.1) is 29.1 Å². The molecule has 0 unspecified atom stereocenters. The van der Waals surface area contributed by atoms with Crippen LogP contribution in [0, 0.1) is 12.8 Å². The van der Waals surface area contributed by atoms with Crippen LogP contribution in [0.25, 0.3) is 0 Å². The molecule has 1 saturated heterocycles. The maximum Gasteiger partial charge on any atom is 0.0896 e. The fourth-order valence-electron chi connectivity index (χ4n) is 2.21. The van der Waals surface area contributed by atoms with Gasteiger partial charge in [0.25, 0.3) is 0 Å². The van der Waals surface area contributed by atoms with Gasteiger partial charge in [-0.2, -0.15) is 5.10 Å². The molecular weight excluding hydrogens is 282 g/mol. The Morgan fingerprint density at radius 2 is 2.18 bits per heavy atom. The predicted molar refractivity (Wildman–Crippen MR) is 70.9 cm³/mol. The first-order valence-corrected chi connectivity index (χ1v) is 6.94. The second-order valence-electron chi connectivity index (χ2n) is 4.68. The summed E-state index contributed by atoms with van der Waals surface area (Å²) in [6.07, 6.45) is 2.46. The molecule has 0 aromatic carbocycles. The third-order valence-corrected chi connectivity index (χ3v) is 4.34. The van der Waals surface area contributed by atoms with Crippen molar-refractivity contribution in [1.29, 1.82) is 0 Å². The Kier molecular flexibility index (Phi) is 4.59. The van der Waals surface area contributed by atoms with Crippen molar-refractivity contribution < 1.29 is 4.74 Å². The van der Waals surface area contributed by atoms with Gasteiger partial charge >= 0.3 is 0 Å². The summed E-state index contributed by atoms with van der Waals surface area (Å²) in [6.45, 7) is 5.76. The summed E-state index contributed by atoms with van der Waals surface area (Å²) in [5, 5.41) is 7.72. The number of nitrogens with zero attached hydrogens (tertiary/aromatic N) is 2. The van der Waals surface area contributed by atoms with E-state index in [0.717, 1.165) is 35.6 Å². The molecule has 0 saturated carbocycles. The van der Waals surface area contributed by atoms with Crippen molar-refractivity contribution in [3.05, 3.63) is 15.9 Å². The standard InChI is InChI=1S/C12H20BrN3O/c1-9-12(13)11(16(2)15-9)8-17-7-10-3-5-14-6-4-10/h10,14H,3-8H2,1-2H3. The molecule has 0 spiro atoms. The summed E-state index contributed by atoms with van der Waals surface area (Å²) in [7, 11) is 1.96. The highest BCUT2D eigenvalue weighted by atomic mass is 79.9. The zero-order valence-electron chi connectivity index (χ0n) is 10.5. The molecule has 0 atom stereocenters. The van der Waals surface area contributed by atoms with Crippen molar-refractivity contribution in [2.24, 2.45) is 13.0 Å². The van der Waals surface area contributed by atoms with E-state index >= 15 is 0 Å². The molecule has 1 N–H and O–H groups in total. The first kappa shape index (κ1) is 13.1. The van der Waals surface area contributed by atoms with Gasteiger partial charge in [0.2, 0.25) is 0 Å². The average molecular weight is 302 g/mol. The van der Waals surface area contributed by atoms with Crippen LogP contribution in [0.1, 0.15) is 24.2 Å². The van der Waals surface area contributed by atoms with E-state index in [1.165, 1.54) is 12.8 Å². The lowest BCUT2D eigenvalue weighted by atomic mass is 9.99. The minimum Gasteiger partial charge on any atom is -0.375 e. The fourth-order valence-corrected chi connectivity index (χ4v) is 2.66. The van der Waals surface area contributed by atoms with Gasteiger partial charge < -0.3 is 10.1 Å². The maximum absolute atomic E-state index is 5.82. The number of halogens is 1. The highest BCUT2D eigenvalue weighted by Crippen LogP contribution is 2.21. The number of rotatable bonds is 4. The van der Waals surface area contributed by atoms with Gasteiger partial charge in [-0.05, 0) is 54.7 Å². The Labute approximate surface area is 111 Å². The SMILES string of the molecule is Cc1nn(C)c(COCC2CCNCC2)c1Br. The van der Waals surface area contributed by atoms with Gasteiger partial charge in [0, 0.05) is 7.05 Å². The Hall–Kier alpha value is -0.390. The van der Waals surface area contributed by atoms with Crippen molar-refractivity contribution in [3.8, 4) is 0 Å². The number of hydrogen-bond acceptors (Lipinski definition) is 3. The summed E-state index contributed by atoms with van der Waals surface area (Å²) in [5.41, 5.74) is 2.14. The molecule has 4 nitrogen and oxygen atoms in total. The summed E-state index contributed by atoms with van der Waals surface area (Å²) in [5.74, 6) is 0.712. The van der Waals surface area contributed by atoms with Crippen LogP contribution in [0.2, 0.25) is 0 Å². The highest BCUT2D eigenvalue weighted by Gasteiger charge is 2.15. The van der Waals surface area contributed by atoms with Gasteiger partial charge in [-0.25, -0.2) is 0 Å². The third-order valence-electron chi connectivity index (χ3n) is 3.31. The van der Waals surface area contributed by atoms with E-state index in [4.69, 9.17) is 4.74 Å². The molecule has 17 heavy (non-hydrogen) atoms. The van der Waals surface area contributed by atoms with Crippen LogP contribution >= 0.6 is 15.9 Å². The van der Waals surface area contributed by atoms with E-state index in [0.29, 0.717) is 12.5 Å². The quantitative estimate of drug-likeness (QED) is 0.925. The summed E-state index contributed by atoms with van der Waals surface area (Å²) >= 11 is 3.55. The molecular formula is C12H20BrN3O. The third kappa shape index (κ3) is 3.30. The molecule has 2 rings (SSSR count). The van der Waals surface area contributed by atoms with Crippen LogP contribution in [-0.4, -0.2) is 29.5 Å². The lowest BCUT2D eigenvalue weighted by molar-refractivity contribution is 0.0723. The first-order valence-electron chi connectivity index (χ1n) is 6.15. The number of aromatic nitrogens is 2. The van der Waals surface area contributed by atoms with Crippen LogP contribution in [0.5, 0.6) is 0 Å². The number of nitrogens with one attached hydrogen (secondary N) is 1. The highest BCUT2D eigenvalue weighted by molar-refractivity contribution is 9.10. The Morgan fingerprint density at radius 3 is 2.76 bits per heavy atom. The molecule has 1 aromatic heterocycles. The molecule has 5 heteroatoms. The molecule has 0 radical (unpaired) electrons. The molecule has 1 aliphatic rings. The number of hydrogen-bond donors (Lipinski definition) is 1. The van der Waals surface area contributed by atoms with Gasteiger partial charge in [0.15, 0.2) is 0 Å². The maximum atomic E-state index is 5.82. The fraction of sp³-hybridized carbons (Fsp3) is 0.750. The number of aryl methyl sites for hydroxylation is 2. The van der Waals surface area contributed by atoms with E-state index in [-0.39, 0.29) is 0 Å². The smallest absolute Gasteiger partial charge is 0.0896 e. The molecule has 96 valence electrons. The second-order valence-corrected chi connectivity index (χ2v) is 5.47. The van der Waals surface area contributed by atoms with Crippen molar-refractivity contribution in [2.45, 2.75) is 26.4 Å². The van der Waals surface area contributed by atoms with Crippen molar-refractivity contribution in [2.75, 3.05) is 19.7 Å². The zero-order chi connectivity index (χ0) is 12.3. The summed E-state index contributed by atoms with van der Waals surface area (Å²) < 4.78 is 8.78. The first-order chi connectivity index (χ1) is 8.18. The van der Waals surface area contributed by atoms with E-state index < -0.39 is 0 Å². The number of ether oxygens (including phenoxy) is 1. The van der Waals surface area contributed by atoms with Crippen molar-refractivity contribution >= 4 is 15.9 Å². The monoisotopic (exact) mass is 301 g/mol. The van der Waals surface area contributed by atoms with Gasteiger partial charge in [-0.1, -0.05) is 0 Å². The van der Waals surface area contributed by atoms with E-state index in [1.807, 2.05) is 18.7 Å². The summed E-state index contributed by atoms with van der Waals surface area (Å²) in [4.78, 5) is 0. The molecule has 2 heterocycles. The van der Waals surface area contributed by atoms with Crippen LogP contribution in [-0.2, 0) is 18.4 Å². The lowest BCUT2D eigenvalue weighted by Crippen LogP contribution is -2.30. The molecule has 0 aliphatic carbocycles. The summed E-state index contributed by atoms with van der Waals surface area (Å²) in [6, 6.07) is 0. The Morgan fingerprint density at radius 1 is 1.47 bits per heavy atom. The predicted octanol–water partition coefficient (Wildman–Crippen LogP) is 2.01. The Bertz CT molecular complexity index is 372. The van der Waals surface area contributed by atoms with Crippen molar-refractivity contribution in [3.63, 3.8) is 0 Å². The van der Waals surface area contributed by atoms with Crippen LogP contribution < -0.4 is 5.32 Å². The minimum absolute atomic E-state index is 0.641. The zero-order valence-corrected chi connectivity index (χ0v) is 12.1. The molecule has 1 aliphatic heterocycles. The minimum atomic E-state index is 0.641. The van der Waals surface area contributed by atoms with Crippen LogP contribution in [0.4, 0.5) is 0 Å². The Balaban J connectivity index is 1.81. The molecule has 0 bridgehead atoms. The van der Waals surface area contributed by atoms with Gasteiger partial charge in [-0.15, -0.1) is 0 Å². The van der Waals surface area contributed by atoms with Crippen LogP contribution in [0.3, 0.4) is 0 Å². The lowest BCUT2D eigenvalue weighted by Gasteiger charge is -2.22.